The molecule has 0 aliphatic rings. The molecule has 0 amide bonds. The first kappa shape index (κ1) is 9.87. The molecule has 2 rings (SSSR count). The number of rotatable bonds is 2. The summed E-state index contributed by atoms with van der Waals surface area (Å²) in [7, 11) is 0. The zero-order valence-electron chi connectivity index (χ0n) is 8.10. The van der Waals surface area contributed by atoms with Gasteiger partial charge in [0.25, 0.3) is 0 Å². The Labute approximate surface area is 87.8 Å². The summed E-state index contributed by atoms with van der Waals surface area (Å²) in [4.78, 5) is 0. The summed E-state index contributed by atoms with van der Waals surface area (Å²) in [6, 6.07) is 15.3. The number of hydrogen-bond acceptors (Lipinski definition) is 1. The molecule has 0 radical (unpaired) electrons. The smallest absolute Gasteiger partial charge is 0.129 e. The zero-order chi connectivity index (χ0) is 10.7. The Hall–Kier alpha value is -1.67. The van der Waals surface area contributed by atoms with Crippen molar-refractivity contribution in [3.8, 4) is 0 Å². The SMILES string of the molecule is O[C@H](c1ccccc1)c1ccccc1F. The van der Waals surface area contributed by atoms with E-state index in [9.17, 15) is 9.50 Å². The Morgan fingerprint density at radius 3 is 2.13 bits per heavy atom. The fraction of sp³-hybridized carbons (Fsp3) is 0.0769. The summed E-state index contributed by atoms with van der Waals surface area (Å²) >= 11 is 0. The first-order chi connectivity index (χ1) is 7.29. The summed E-state index contributed by atoms with van der Waals surface area (Å²) in [5, 5.41) is 9.93. The normalized spacial score (nSPS) is 12.4. The third-order valence-electron chi connectivity index (χ3n) is 2.32. The molecule has 2 aromatic carbocycles. The summed E-state index contributed by atoms with van der Waals surface area (Å²) < 4.78 is 13.4. The van der Waals surface area contributed by atoms with Gasteiger partial charge >= 0.3 is 0 Å². The van der Waals surface area contributed by atoms with Gasteiger partial charge in [0.15, 0.2) is 0 Å². The fourth-order valence-electron chi connectivity index (χ4n) is 1.51. The second-order valence-electron chi connectivity index (χ2n) is 3.33. The van der Waals surface area contributed by atoms with Crippen molar-refractivity contribution in [3.05, 3.63) is 71.5 Å². The molecule has 0 saturated carbocycles. The number of aliphatic hydroxyl groups excluding tert-OH is 1. The molecule has 0 aliphatic carbocycles. The summed E-state index contributed by atoms with van der Waals surface area (Å²) in [5.41, 5.74) is 1.01. The standard InChI is InChI=1S/C13H11FO/c14-12-9-5-4-8-11(12)13(15)10-6-2-1-3-7-10/h1-9,13,15H/t13-/m1/s1. The van der Waals surface area contributed by atoms with Gasteiger partial charge in [0.1, 0.15) is 11.9 Å². The van der Waals surface area contributed by atoms with Crippen molar-refractivity contribution in [1.82, 2.24) is 0 Å². The fourth-order valence-corrected chi connectivity index (χ4v) is 1.51. The highest BCUT2D eigenvalue weighted by atomic mass is 19.1. The van der Waals surface area contributed by atoms with Gasteiger partial charge in [0, 0.05) is 5.56 Å². The number of hydrogen-bond donors (Lipinski definition) is 1. The lowest BCUT2D eigenvalue weighted by Crippen LogP contribution is -2.01. The first-order valence-electron chi connectivity index (χ1n) is 4.76. The van der Waals surface area contributed by atoms with Crippen molar-refractivity contribution in [3.63, 3.8) is 0 Å². The summed E-state index contributed by atoms with van der Waals surface area (Å²) in [6.45, 7) is 0. The summed E-state index contributed by atoms with van der Waals surface area (Å²) in [6.07, 6.45) is -0.896. The van der Waals surface area contributed by atoms with E-state index in [4.69, 9.17) is 0 Å². The van der Waals surface area contributed by atoms with Crippen LogP contribution in [0.3, 0.4) is 0 Å². The Morgan fingerprint density at radius 1 is 0.867 bits per heavy atom. The lowest BCUT2D eigenvalue weighted by molar-refractivity contribution is 0.215. The molecule has 2 aromatic rings. The van der Waals surface area contributed by atoms with Gasteiger partial charge in [-0.1, -0.05) is 48.5 Å². The molecule has 0 saturated heterocycles. The zero-order valence-corrected chi connectivity index (χ0v) is 8.10. The molecule has 15 heavy (non-hydrogen) atoms. The van der Waals surface area contributed by atoms with Crippen LogP contribution >= 0.6 is 0 Å². The van der Waals surface area contributed by atoms with Crippen LogP contribution < -0.4 is 0 Å². The molecule has 0 aliphatic heterocycles. The number of halogens is 1. The molecule has 76 valence electrons. The van der Waals surface area contributed by atoms with Crippen molar-refractivity contribution in [2.45, 2.75) is 6.10 Å². The average molecular weight is 202 g/mol. The van der Waals surface area contributed by atoms with E-state index in [-0.39, 0.29) is 5.82 Å². The van der Waals surface area contributed by atoms with Crippen molar-refractivity contribution >= 4 is 0 Å². The van der Waals surface area contributed by atoms with Gasteiger partial charge in [-0.25, -0.2) is 4.39 Å². The second kappa shape index (κ2) is 4.24. The first-order valence-corrected chi connectivity index (χ1v) is 4.76. The Bertz CT molecular complexity index is 439. The largest absolute Gasteiger partial charge is 0.384 e. The topological polar surface area (TPSA) is 20.2 Å². The van der Waals surface area contributed by atoms with E-state index in [0.717, 1.165) is 0 Å². The predicted molar refractivity (Wildman–Crippen MR) is 56.9 cm³/mol. The van der Waals surface area contributed by atoms with Gasteiger partial charge in [-0.15, -0.1) is 0 Å². The molecule has 0 bridgehead atoms. The van der Waals surface area contributed by atoms with Gasteiger partial charge in [0.05, 0.1) is 0 Å². The van der Waals surface area contributed by atoms with Gasteiger partial charge in [-0.2, -0.15) is 0 Å². The summed E-state index contributed by atoms with van der Waals surface area (Å²) in [5.74, 6) is -0.381. The third kappa shape index (κ3) is 2.05. The minimum Gasteiger partial charge on any atom is -0.384 e. The molecule has 0 aromatic heterocycles. The molecule has 2 heteroatoms. The maximum atomic E-state index is 13.4. The van der Waals surface area contributed by atoms with Crippen LogP contribution in [0, 0.1) is 5.82 Å². The van der Waals surface area contributed by atoms with E-state index in [0.29, 0.717) is 11.1 Å². The highest BCUT2D eigenvalue weighted by Crippen LogP contribution is 2.23. The van der Waals surface area contributed by atoms with Crippen molar-refractivity contribution < 1.29 is 9.50 Å². The van der Waals surface area contributed by atoms with E-state index in [1.54, 1.807) is 30.3 Å². The van der Waals surface area contributed by atoms with E-state index < -0.39 is 6.10 Å². The molecular weight excluding hydrogens is 191 g/mol. The monoisotopic (exact) mass is 202 g/mol. The third-order valence-corrected chi connectivity index (χ3v) is 2.32. The molecule has 0 spiro atoms. The quantitative estimate of drug-likeness (QED) is 0.793. The van der Waals surface area contributed by atoms with Gasteiger partial charge < -0.3 is 5.11 Å². The van der Waals surface area contributed by atoms with Gasteiger partial charge in [-0.3, -0.25) is 0 Å². The minimum atomic E-state index is -0.896. The Morgan fingerprint density at radius 2 is 1.47 bits per heavy atom. The van der Waals surface area contributed by atoms with Gasteiger partial charge in [0.2, 0.25) is 0 Å². The minimum absolute atomic E-state index is 0.309. The molecule has 0 unspecified atom stereocenters. The molecule has 1 atom stereocenters. The van der Waals surface area contributed by atoms with E-state index in [1.807, 2.05) is 18.2 Å². The van der Waals surface area contributed by atoms with Crippen LogP contribution in [0.25, 0.3) is 0 Å². The van der Waals surface area contributed by atoms with Gasteiger partial charge in [-0.05, 0) is 11.6 Å². The second-order valence-corrected chi connectivity index (χ2v) is 3.33. The van der Waals surface area contributed by atoms with Crippen LogP contribution in [0.1, 0.15) is 17.2 Å². The van der Waals surface area contributed by atoms with Crippen molar-refractivity contribution in [2.75, 3.05) is 0 Å². The van der Waals surface area contributed by atoms with Crippen LogP contribution in [0.4, 0.5) is 4.39 Å². The highest BCUT2D eigenvalue weighted by molar-refractivity contribution is 5.30. The maximum Gasteiger partial charge on any atom is 0.129 e. The molecular formula is C13H11FO. The van der Waals surface area contributed by atoms with E-state index in [1.165, 1.54) is 6.07 Å². The lowest BCUT2D eigenvalue weighted by atomic mass is 10.0. The van der Waals surface area contributed by atoms with Crippen LogP contribution in [-0.2, 0) is 0 Å². The number of benzene rings is 2. The number of aliphatic hydroxyl groups is 1. The van der Waals surface area contributed by atoms with Crippen LogP contribution in [0.15, 0.2) is 54.6 Å². The van der Waals surface area contributed by atoms with E-state index in [2.05, 4.69) is 0 Å². The Kier molecular flexibility index (Phi) is 2.79. The lowest BCUT2D eigenvalue weighted by Gasteiger charge is -2.11. The van der Waals surface area contributed by atoms with Crippen LogP contribution in [-0.4, -0.2) is 5.11 Å². The van der Waals surface area contributed by atoms with Crippen LogP contribution in [0.2, 0.25) is 0 Å². The van der Waals surface area contributed by atoms with Crippen LogP contribution in [0.5, 0.6) is 0 Å². The van der Waals surface area contributed by atoms with Crippen molar-refractivity contribution in [2.24, 2.45) is 0 Å². The average Bonchev–Trinajstić information content (AvgIpc) is 2.30. The molecule has 1 nitrogen and oxygen atoms in total. The predicted octanol–water partition coefficient (Wildman–Crippen LogP) is 2.91. The molecule has 0 fully saturated rings. The highest BCUT2D eigenvalue weighted by Gasteiger charge is 2.13. The maximum absolute atomic E-state index is 13.4. The van der Waals surface area contributed by atoms with Crippen molar-refractivity contribution in [1.29, 1.82) is 0 Å². The molecule has 1 N–H and O–H groups in total. The van der Waals surface area contributed by atoms with E-state index >= 15 is 0 Å². The molecule has 0 heterocycles. The Balaban J connectivity index is 2.37.